The van der Waals surface area contributed by atoms with Gasteiger partial charge in [-0.3, -0.25) is 14.9 Å². The number of carbonyl (C=O) groups is 2. The lowest BCUT2D eigenvalue weighted by atomic mass is 9.98. The number of hydrogen-bond donors (Lipinski definition) is 1. The quantitative estimate of drug-likeness (QED) is 0.253. The maximum atomic E-state index is 13.2. The molecule has 4 rings (SSSR count). The molecular formula is C22H19Cl2N5O3S2. The van der Waals surface area contributed by atoms with Crippen LogP contribution < -0.4 is 10.1 Å². The van der Waals surface area contributed by atoms with E-state index in [1.54, 1.807) is 7.11 Å². The fourth-order valence-electron chi connectivity index (χ4n) is 3.30. The van der Waals surface area contributed by atoms with Crippen LogP contribution in [-0.2, 0) is 9.59 Å². The predicted octanol–water partition coefficient (Wildman–Crippen LogP) is 4.76. The fourth-order valence-corrected chi connectivity index (χ4v) is 5.02. The third kappa shape index (κ3) is 5.87. The van der Waals surface area contributed by atoms with Crippen LogP contribution in [0.3, 0.4) is 0 Å². The van der Waals surface area contributed by atoms with Crippen molar-refractivity contribution in [3.05, 3.63) is 65.7 Å². The van der Waals surface area contributed by atoms with Crippen molar-refractivity contribution in [2.45, 2.75) is 21.6 Å². The number of amides is 2. The topological polar surface area (TPSA) is 96.8 Å². The number of hydrazone groups is 1. The number of anilines is 1. The SMILES string of the molecule is COc1ccc(C2CC(c3ccccc3)=NN2C(=O)CSc2nnc(NC(=O)C(Cl)Cl)s2)cc1. The second kappa shape index (κ2) is 11.2. The number of rotatable bonds is 8. The smallest absolute Gasteiger partial charge is 0.259 e. The maximum Gasteiger partial charge on any atom is 0.259 e. The van der Waals surface area contributed by atoms with Crippen LogP contribution in [0.4, 0.5) is 5.13 Å². The molecule has 3 aromatic rings. The molecule has 0 saturated carbocycles. The van der Waals surface area contributed by atoms with Gasteiger partial charge in [-0.2, -0.15) is 5.10 Å². The lowest BCUT2D eigenvalue weighted by molar-refractivity contribution is -0.130. The summed E-state index contributed by atoms with van der Waals surface area (Å²) in [5.74, 6) is 0.0932. The minimum atomic E-state index is -1.21. The van der Waals surface area contributed by atoms with E-state index in [4.69, 9.17) is 27.9 Å². The molecule has 1 aliphatic heterocycles. The molecule has 0 radical (unpaired) electrons. The standard InChI is InChI=1S/C22H19Cl2N5O3S2/c1-32-15-9-7-14(8-10-15)17-11-16(13-5-3-2-4-6-13)28-29(17)18(30)12-33-22-27-26-21(34-22)25-20(31)19(23)24/h2-10,17,19H,11-12H2,1H3,(H,25,26,31). The van der Waals surface area contributed by atoms with Crippen molar-refractivity contribution in [2.24, 2.45) is 5.10 Å². The molecule has 12 heteroatoms. The van der Waals surface area contributed by atoms with Crippen LogP contribution in [0.1, 0.15) is 23.6 Å². The van der Waals surface area contributed by atoms with Gasteiger partial charge in [-0.05, 0) is 23.3 Å². The number of halogens is 2. The second-order valence-corrected chi connectivity index (χ2v) is 10.4. The number of carbonyl (C=O) groups excluding carboxylic acids is 2. The second-order valence-electron chi connectivity index (χ2n) is 7.10. The van der Waals surface area contributed by atoms with E-state index in [0.29, 0.717) is 10.8 Å². The van der Waals surface area contributed by atoms with E-state index in [9.17, 15) is 9.59 Å². The average molecular weight is 536 g/mol. The molecular weight excluding hydrogens is 517 g/mol. The Labute approximate surface area is 214 Å². The number of methoxy groups -OCH3 is 1. The highest BCUT2D eigenvalue weighted by Crippen LogP contribution is 2.35. The van der Waals surface area contributed by atoms with Crippen molar-refractivity contribution in [2.75, 3.05) is 18.2 Å². The fraction of sp³-hybridized carbons (Fsp3) is 0.227. The third-order valence-electron chi connectivity index (χ3n) is 4.93. The molecule has 2 aromatic carbocycles. The first-order chi connectivity index (χ1) is 16.4. The Kier molecular flexibility index (Phi) is 8.04. The van der Waals surface area contributed by atoms with E-state index in [1.165, 1.54) is 16.8 Å². The highest BCUT2D eigenvalue weighted by atomic mass is 35.5. The van der Waals surface area contributed by atoms with Gasteiger partial charge in [-0.1, -0.05) is 88.8 Å². The molecule has 0 saturated heterocycles. The number of nitrogens with zero attached hydrogens (tertiary/aromatic N) is 4. The minimum Gasteiger partial charge on any atom is -0.497 e. The number of alkyl halides is 2. The Morgan fingerprint density at radius 1 is 1.18 bits per heavy atom. The molecule has 8 nitrogen and oxygen atoms in total. The highest BCUT2D eigenvalue weighted by Gasteiger charge is 2.33. The predicted molar refractivity (Wildman–Crippen MR) is 135 cm³/mol. The van der Waals surface area contributed by atoms with Crippen molar-refractivity contribution in [3.63, 3.8) is 0 Å². The Bertz CT molecular complexity index is 1190. The molecule has 0 fully saturated rings. The summed E-state index contributed by atoms with van der Waals surface area (Å²) in [6.45, 7) is 0. The molecule has 0 bridgehead atoms. The normalized spacial score (nSPS) is 15.4. The summed E-state index contributed by atoms with van der Waals surface area (Å²) in [7, 11) is 1.61. The lowest BCUT2D eigenvalue weighted by Crippen LogP contribution is -2.28. The summed E-state index contributed by atoms with van der Waals surface area (Å²) >= 11 is 13.4. The average Bonchev–Trinajstić information content (AvgIpc) is 3.50. The maximum absolute atomic E-state index is 13.2. The zero-order valence-electron chi connectivity index (χ0n) is 17.9. The zero-order valence-corrected chi connectivity index (χ0v) is 21.0. The van der Waals surface area contributed by atoms with Gasteiger partial charge in [-0.25, -0.2) is 5.01 Å². The van der Waals surface area contributed by atoms with Crippen LogP contribution in [0, 0.1) is 0 Å². The molecule has 176 valence electrons. The van der Waals surface area contributed by atoms with Crippen LogP contribution >= 0.6 is 46.3 Å². The van der Waals surface area contributed by atoms with Gasteiger partial charge >= 0.3 is 0 Å². The van der Waals surface area contributed by atoms with Crippen molar-refractivity contribution in [3.8, 4) is 5.75 Å². The Morgan fingerprint density at radius 2 is 1.91 bits per heavy atom. The van der Waals surface area contributed by atoms with E-state index in [-0.39, 0.29) is 22.8 Å². The van der Waals surface area contributed by atoms with Crippen molar-refractivity contribution >= 4 is 69.0 Å². The van der Waals surface area contributed by atoms with Gasteiger partial charge in [0.1, 0.15) is 5.75 Å². The van der Waals surface area contributed by atoms with Gasteiger partial charge in [0.25, 0.3) is 11.8 Å². The lowest BCUT2D eigenvalue weighted by Gasteiger charge is -2.22. The van der Waals surface area contributed by atoms with Crippen molar-refractivity contribution in [1.82, 2.24) is 15.2 Å². The number of benzene rings is 2. The number of aromatic nitrogens is 2. The number of thioether (sulfide) groups is 1. The van der Waals surface area contributed by atoms with Crippen LogP contribution in [-0.4, -0.2) is 50.4 Å². The molecule has 0 aliphatic carbocycles. The molecule has 2 amide bonds. The summed E-state index contributed by atoms with van der Waals surface area (Å²) < 4.78 is 5.78. The van der Waals surface area contributed by atoms with Gasteiger partial charge in [-0.15, -0.1) is 10.2 Å². The number of hydrogen-bond acceptors (Lipinski definition) is 8. The summed E-state index contributed by atoms with van der Waals surface area (Å²) in [5.41, 5.74) is 2.79. The third-order valence-corrected chi connectivity index (χ3v) is 7.28. The van der Waals surface area contributed by atoms with Gasteiger partial charge < -0.3 is 4.74 Å². The van der Waals surface area contributed by atoms with Crippen molar-refractivity contribution < 1.29 is 14.3 Å². The van der Waals surface area contributed by atoms with Crippen molar-refractivity contribution in [1.29, 1.82) is 0 Å². The van der Waals surface area contributed by atoms with Gasteiger partial charge in [0.05, 0.1) is 24.6 Å². The summed E-state index contributed by atoms with van der Waals surface area (Å²) in [5, 5.41) is 16.8. The molecule has 2 heterocycles. The van der Waals surface area contributed by atoms with E-state index < -0.39 is 10.7 Å². The molecule has 34 heavy (non-hydrogen) atoms. The van der Waals surface area contributed by atoms with Gasteiger partial charge in [0.2, 0.25) is 5.13 Å². The van der Waals surface area contributed by atoms with E-state index in [1.807, 2.05) is 54.6 Å². The van der Waals surface area contributed by atoms with Gasteiger partial charge in [0, 0.05) is 6.42 Å². The van der Waals surface area contributed by atoms with E-state index in [2.05, 4.69) is 20.6 Å². The largest absolute Gasteiger partial charge is 0.497 e. The first-order valence-electron chi connectivity index (χ1n) is 10.1. The molecule has 1 atom stereocenters. The molecule has 1 N–H and O–H groups in total. The van der Waals surface area contributed by atoms with E-state index >= 15 is 0 Å². The number of ether oxygens (including phenoxy) is 1. The first-order valence-corrected chi connectivity index (χ1v) is 12.8. The Hall–Kier alpha value is -2.66. The summed E-state index contributed by atoms with van der Waals surface area (Å²) in [6.07, 6.45) is 0.597. The Morgan fingerprint density at radius 3 is 2.59 bits per heavy atom. The monoisotopic (exact) mass is 535 g/mol. The molecule has 1 unspecified atom stereocenters. The van der Waals surface area contributed by atoms with Crippen LogP contribution in [0.15, 0.2) is 64.0 Å². The van der Waals surface area contributed by atoms with Gasteiger partial charge in [0.15, 0.2) is 9.18 Å². The zero-order chi connectivity index (χ0) is 24.1. The Balaban J connectivity index is 1.49. The summed E-state index contributed by atoms with van der Waals surface area (Å²) in [4.78, 5) is 23.6. The van der Waals surface area contributed by atoms with E-state index in [0.717, 1.165) is 33.9 Å². The van der Waals surface area contributed by atoms with Crippen LogP contribution in [0.2, 0.25) is 0 Å². The van der Waals surface area contributed by atoms with Crippen LogP contribution in [0.5, 0.6) is 5.75 Å². The molecule has 1 aromatic heterocycles. The molecule has 0 spiro atoms. The number of nitrogens with one attached hydrogen (secondary N) is 1. The molecule has 1 aliphatic rings. The minimum absolute atomic E-state index is 0.106. The highest BCUT2D eigenvalue weighted by molar-refractivity contribution is 8.01. The van der Waals surface area contributed by atoms with Crippen LogP contribution in [0.25, 0.3) is 0 Å². The first kappa shape index (κ1) is 24.5. The summed E-state index contributed by atoms with van der Waals surface area (Å²) in [6, 6.07) is 17.2.